The van der Waals surface area contributed by atoms with Gasteiger partial charge in [-0.1, -0.05) is 27.7 Å². The number of anilines is 2. The van der Waals surface area contributed by atoms with Gasteiger partial charge in [0, 0.05) is 24.7 Å². The predicted octanol–water partition coefficient (Wildman–Crippen LogP) is 1.81. The van der Waals surface area contributed by atoms with E-state index in [4.69, 9.17) is 5.84 Å². The lowest BCUT2D eigenvalue weighted by Gasteiger charge is -2.27. The number of nitrogen functional groups attached to an aromatic ring is 1. The third kappa shape index (κ3) is 3.27. The number of hydrogen-bond donors (Lipinski definition) is 2. The highest BCUT2D eigenvalue weighted by Gasteiger charge is 2.29. The molecule has 118 valence electrons. The number of nitrogens with one attached hydrogen (secondary N) is 1. The Morgan fingerprint density at radius 2 is 2.10 bits per heavy atom. The van der Waals surface area contributed by atoms with Crippen LogP contribution in [0.2, 0.25) is 0 Å². The summed E-state index contributed by atoms with van der Waals surface area (Å²) in [6.45, 7) is 13.0. The van der Waals surface area contributed by atoms with E-state index in [1.165, 1.54) is 6.42 Å². The molecule has 0 aliphatic carbocycles. The molecule has 0 spiro atoms. The van der Waals surface area contributed by atoms with Crippen LogP contribution in [0, 0.1) is 0 Å². The number of aromatic nitrogens is 2. The maximum absolute atomic E-state index is 5.61. The zero-order chi connectivity index (χ0) is 15.4. The summed E-state index contributed by atoms with van der Waals surface area (Å²) in [5.41, 5.74) is 3.82. The lowest BCUT2D eigenvalue weighted by molar-refractivity contribution is 0.232. The Kier molecular flexibility index (Phi) is 5.36. The minimum absolute atomic E-state index is 0.333. The highest BCUT2D eigenvalue weighted by atomic mass is 15.3. The molecular formula is C15H28N6. The van der Waals surface area contributed by atoms with Crippen LogP contribution >= 0.6 is 0 Å². The van der Waals surface area contributed by atoms with Crippen molar-refractivity contribution in [2.45, 2.75) is 46.1 Å². The van der Waals surface area contributed by atoms with E-state index in [0.29, 0.717) is 12.0 Å². The van der Waals surface area contributed by atoms with Gasteiger partial charge in [0.1, 0.15) is 18.0 Å². The molecule has 0 radical (unpaired) electrons. The molecule has 0 amide bonds. The van der Waals surface area contributed by atoms with Crippen LogP contribution in [0.3, 0.4) is 0 Å². The van der Waals surface area contributed by atoms with Gasteiger partial charge in [0.15, 0.2) is 0 Å². The van der Waals surface area contributed by atoms with E-state index in [-0.39, 0.29) is 0 Å². The number of nitrogens with two attached hydrogens (primary N) is 1. The average molecular weight is 292 g/mol. The fourth-order valence-electron chi connectivity index (χ4n) is 3.26. The predicted molar refractivity (Wildman–Crippen MR) is 87.5 cm³/mol. The van der Waals surface area contributed by atoms with Crippen molar-refractivity contribution in [1.82, 2.24) is 14.9 Å². The zero-order valence-electron chi connectivity index (χ0n) is 13.6. The van der Waals surface area contributed by atoms with Crippen LogP contribution in [0.5, 0.6) is 0 Å². The fraction of sp³-hybridized carbons (Fsp3) is 0.733. The first-order valence-electron chi connectivity index (χ1n) is 7.92. The number of likely N-dealkylation sites (N-methyl/N-ethyl adjacent to an activating group) is 1. The van der Waals surface area contributed by atoms with Gasteiger partial charge in [-0.3, -0.25) is 4.90 Å². The molecule has 1 saturated heterocycles. The normalized spacial score (nSPS) is 18.8. The quantitative estimate of drug-likeness (QED) is 0.615. The summed E-state index contributed by atoms with van der Waals surface area (Å²) in [5, 5.41) is 0. The molecular weight excluding hydrogens is 264 g/mol. The van der Waals surface area contributed by atoms with Gasteiger partial charge in [0.05, 0.1) is 0 Å². The van der Waals surface area contributed by atoms with Crippen molar-refractivity contribution < 1.29 is 0 Å². The van der Waals surface area contributed by atoms with E-state index in [1.807, 2.05) is 0 Å². The molecule has 3 N–H and O–H groups in total. The standard InChI is InChI=1S/C15H28N6/c1-5-20(6-2)12-7-8-21(9-12)15-13(11(3)4)14(19-16)17-10-18-15/h10-12H,5-9,16H2,1-4H3,(H,17,18,19). The Morgan fingerprint density at radius 3 is 2.67 bits per heavy atom. The van der Waals surface area contributed by atoms with E-state index >= 15 is 0 Å². The van der Waals surface area contributed by atoms with Crippen LogP contribution in [0.15, 0.2) is 6.33 Å². The summed E-state index contributed by atoms with van der Waals surface area (Å²) in [7, 11) is 0. The Bertz CT molecular complexity index is 457. The van der Waals surface area contributed by atoms with Gasteiger partial charge < -0.3 is 10.3 Å². The highest BCUT2D eigenvalue weighted by molar-refractivity contribution is 5.60. The van der Waals surface area contributed by atoms with Crippen molar-refractivity contribution in [3.63, 3.8) is 0 Å². The van der Waals surface area contributed by atoms with Gasteiger partial charge in [0.2, 0.25) is 0 Å². The molecule has 0 bridgehead atoms. The van der Waals surface area contributed by atoms with Gasteiger partial charge in [-0.15, -0.1) is 0 Å². The van der Waals surface area contributed by atoms with Crippen molar-refractivity contribution in [3.8, 4) is 0 Å². The Hall–Kier alpha value is -1.40. The minimum atomic E-state index is 0.333. The maximum Gasteiger partial charge on any atom is 0.148 e. The maximum atomic E-state index is 5.61. The van der Waals surface area contributed by atoms with Crippen LogP contribution in [-0.2, 0) is 0 Å². The largest absolute Gasteiger partial charge is 0.355 e. The van der Waals surface area contributed by atoms with Crippen molar-refractivity contribution in [2.24, 2.45) is 5.84 Å². The number of rotatable bonds is 6. The highest BCUT2D eigenvalue weighted by Crippen LogP contribution is 2.32. The van der Waals surface area contributed by atoms with E-state index in [1.54, 1.807) is 6.33 Å². The summed E-state index contributed by atoms with van der Waals surface area (Å²) in [6, 6.07) is 0.615. The monoisotopic (exact) mass is 292 g/mol. The number of hydrazine groups is 1. The molecule has 1 aliphatic rings. The molecule has 1 unspecified atom stereocenters. The van der Waals surface area contributed by atoms with Gasteiger partial charge in [-0.2, -0.15) is 0 Å². The van der Waals surface area contributed by atoms with Crippen LogP contribution in [0.1, 0.15) is 45.6 Å². The summed E-state index contributed by atoms with van der Waals surface area (Å²) < 4.78 is 0. The lowest BCUT2D eigenvalue weighted by Crippen LogP contribution is -2.37. The van der Waals surface area contributed by atoms with Crippen molar-refractivity contribution >= 4 is 11.6 Å². The summed E-state index contributed by atoms with van der Waals surface area (Å²) in [5.74, 6) is 7.71. The Morgan fingerprint density at radius 1 is 1.38 bits per heavy atom. The van der Waals surface area contributed by atoms with Gasteiger partial charge >= 0.3 is 0 Å². The third-order valence-corrected chi connectivity index (χ3v) is 4.37. The molecule has 2 heterocycles. The van der Waals surface area contributed by atoms with Crippen molar-refractivity contribution in [3.05, 3.63) is 11.9 Å². The lowest BCUT2D eigenvalue weighted by atomic mass is 10.0. The molecule has 2 rings (SSSR count). The van der Waals surface area contributed by atoms with Crippen LogP contribution < -0.4 is 16.2 Å². The van der Waals surface area contributed by atoms with E-state index in [0.717, 1.165) is 43.4 Å². The molecule has 0 aromatic carbocycles. The molecule has 6 heteroatoms. The second kappa shape index (κ2) is 7.04. The first kappa shape index (κ1) is 16.0. The second-order valence-corrected chi connectivity index (χ2v) is 5.87. The smallest absolute Gasteiger partial charge is 0.148 e. The SMILES string of the molecule is CCN(CC)C1CCN(c2ncnc(NN)c2C(C)C)C1. The molecule has 21 heavy (non-hydrogen) atoms. The van der Waals surface area contributed by atoms with E-state index in [2.05, 4.69) is 52.9 Å². The molecule has 1 aromatic rings. The molecule has 1 fully saturated rings. The van der Waals surface area contributed by atoms with Gasteiger partial charge in [-0.25, -0.2) is 15.8 Å². The fourth-order valence-corrected chi connectivity index (χ4v) is 3.26. The molecule has 1 aliphatic heterocycles. The van der Waals surface area contributed by atoms with E-state index in [9.17, 15) is 0 Å². The Labute approximate surface area is 127 Å². The van der Waals surface area contributed by atoms with Crippen LogP contribution in [-0.4, -0.2) is 47.1 Å². The van der Waals surface area contributed by atoms with Gasteiger partial charge in [0.25, 0.3) is 0 Å². The molecule has 1 aromatic heterocycles. The summed E-state index contributed by atoms with van der Waals surface area (Å²) >= 11 is 0. The Balaban J connectivity index is 2.24. The average Bonchev–Trinajstić information content (AvgIpc) is 2.97. The third-order valence-electron chi connectivity index (χ3n) is 4.37. The van der Waals surface area contributed by atoms with E-state index < -0.39 is 0 Å². The number of hydrogen-bond acceptors (Lipinski definition) is 6. The first-order valence-corrected chi connectivity index (χ1v) is 7.92. The first-order chi connectivity index (χ1) is 10.1. The second-order valence-electron chi connectivity index (χ2n) is 5.87. The van der Waals surface area contributed by atoms with Crippen molar-refractivity contribution in [1.29, 1.82) is 0 Å². The zero-order valence-corrected chi connectivity index (χ0v) is 13.6. The summed E-state index contributed by atoms with van der Waals surface area (Å²) in [4.78, 5) is 13.7. The molecule has 1 atom stereocenters. The molecule has 0 saturated carbocycles. The van der Waals surface area contributed by atoms with Crippen LogP contribution in [0.25, 0.3) is 0 Å². The minimum Gasteiger partial charge on any atom is -0.355 e. The summed E-state index contributed by atoms with van der Waals surface area (Å²) in [6.07, 6.45) is 2.79. The van der Waals surface area contributed by atoms with Crippen LogP contribution in [0.4, 0.5) is 11.6 Å². The van der Waals surface area contributed by atoms with Crippen molar-refractivity contribution in [2.75, 3.05) is 36.5 Å². The topological polar surface area (TPSA) is 70.3 Å². The molecule has 6 nitrogen and oxygen atoms in total. The van der Waals surface area contributed by atoms with Gasteiger partial charge in [-0.05, 0) is 25.4 Å². The number of nitrogens with zero attached hydrogens (tertiary/aromatic N) is 4.